The topological polar surface area (TPSA) is 53.5 Å². The highest BCUT2D eigenvalue weighted by Gasteiger charge is 2.24. The summed E-state index contributed by atoms with van der Waals surface area (Å²) >= 11 is 0. The van der Waals surface area contributed by atoms with Gasteiger partial charge in [-0.1, -0.05) is 18.9 Å². The van der Waals surface area contributed by atoms with Gasteiger partial charge in [-0.15, -0.1) is 0 Å². The van der Waals surface area contributed by atoms with Crippen molar-refractivity contribution in [1.29, 1.82) is 0 Å². The Balaban J connectivity index is 1.50. The van der Waals surface area contributed by atoms with Crippen LogP contribution in [0.1, 0.15) is 36.0 Å². The predicted molar refractivity (Wildman–Crippen MR) is 87.8 cm³/mol. The first-order valence-corrected chi connectivity index (χ1v) is 8.40. The molecule has 0 bridgehead atoms. The highest BCUT2D eigenvalue weighted by atomic mass is 16.2. The fraction of sp³-hybridized carbons (Fsp3) is 0.500. The van der Waals surface area contributed by atoms with Gasteiger partial charge < -0.3 is 9.80 Å². The fourth-order valence-electron chi connectivity index (χ4n) is 3.28. The lowest BCUT2D eigenvalue weighted by Crippen LogP contribution is -2.50. The molecule has 5 heteroatoms. The maximum Gasteiger partial charge on any atom is 0.255 e. The summed E-state index contributed by atoms with van der Waals surface area (Å²) in [5.41, 5.74) is 0.605. The molecule has 1 saturated heterocycles. The van der Waals surface area contributed by atoms with E-state index in [1.54, 1.807) is 35.5 Å². The molecule has 3 rings (SSSR count). The zero-order valence-corrected chi connectivity index (χ0v) is 13.4. The quantitative estimate of drug-likeness (QED) is 0.803. The first kappa shape index (κ1) is 15.7. The summed E-state index contributed by atoms with van der Waals surface area (Å²) in [5.74, 6) is 0.643. The summed E-state index contributed by atoms with van der Waals surface area (Å²) in [6.45, 7) is 2.35. The van der Waals surface area contributed by atoms with Gasteiger partial charge in [0.15, 0.2) is 0 Å². The van der Waals surface area contributed by atoms with Gasteiger partial charge in [-0.2, -0.15) is 0 Å². The number of piperazine rings is 1. The van der Waals surface area contributed by atoms with Gasteiger partial charge in [0.2, 0.25) is 5.91 Å². The Kier molecular flexibility index (Phi) is 5.05. The van der Waals surface area contributed by atoms with Crippen molar-refractivity contribution in [2.24, 2.45) is 5.92 Å². The van der Waals surface area contributed by atoms with E-state index < -0.39 is 0 Å². The van der Waals surface area contributed by atoms with Crippen molar-refractivity contribution in [3.8, 4) is 0 Å². The van der Waals surface area contributed by atoms with Crippen molar-refractivity contribution in [2.45, 2.75) is 25.7 Å². The molecule has 122 valence electrons. The second kappa shape index (κ2) is 7.40. The Bertz CT molecular complexity index is 571. The molecule has 2 aliphatic rings. The van der Waals surface area contributed by atoms with Gasteiger partial charge in [-0.05, 0) is 37.0 Å². The molecule has 1 aliphatic heterocycles. The number of rotatable bonds is 3. The molecule has 23 heavy (non-hydrogen) atoms. The number of allylic oxidation sites excluding steroid dienone is 1. The van der Waals surface area contributed by atoms with E-state index in [4.69, 9.17) is 0 Å². The lowest BCUT2D eigenvalue weighted by atomic mass is 10.1. The summed E-state index contributed by atoms with van der Waals surface area (Å²) < 4.78 is 0. The third kappa shape index (κ3) is 3.97. The van der Waals surface area contributed by atoms with Crippen LogP contribution in [0.2, 0.25) is 0 Å². The number of aromatic nitrogens is 1. The van der Waals surface area contributed by atoms with Gasteiger partial charge in [0.1, 0.15) is 0 Å². The Hall–Kier alpha value is -2.17. The molecule has 0 radical (unpaired) electrons. The number of nitrogens with zero attached hydrogens (tertiary/aromatic N) is 3. The van der Waals surface area contributed by atoms with Crippen molar-refractivity contribution >= 4 is 11.8 Å². The summed E-state index contributed by atoms with van der Waals surface area (Å²) in [4.78, 5) is 32.2. The highest BCUT2D eigenvalue weighted by Crippen LogP contribution is 2.25. The molecule has 1 saturated carbocycles. The maximum absolute atomic E-state index is 12.3. The molecule has 0 unspecified atom stereocenters. The normalized spacial score (nSPS) is 19.5. The van der Waals surface area contributed by atoms with E-state index in [9.17, 15) is 9.59 Å². The minimum absolute atomic E-state index is 0.00769. The van der Waals surface area contributed by atoms with E-state index in [1.807, 2.05) is 4.90 Å². The number of carbonyl (C=O) groups excluding carboxylic acids is 2. The van der Waals surface area contributed by atoms with E-state index in [0.29, 0.717) is 37.7 Å². The molecule has 0 spiro atoms. The number of carbonyl (C=O) groups is 2. The second-order valence-electron chi connectivity index (χ2n) is 6.26. The SMILES string of the molecule is O=C(/C=C/C1CCCC1)N1CCN(C(=O)c2cccnc2)CC1. The molecule has 1 aromatic heterocycles. The molecule has 2 heterocycles. The van der Waals surface area contributed by atoms with Gasteiger partial charge in [-0.3, -0.25) is 14.6 Å². The Morgan fingerprint density at radius 3 is 2.43 bits per heavy atom. The first-order chi connectivity index (χ1) is 11.2. The molecule has 1 aromatic rings. The lowest BCUT2D eigenvalue weighted by molar-refractivity contribution is -0.127. The van der Waals surface area contributed by atoms with Crippen LogP contribution < -0.4 is 0 Å². The molecular formula is C18H23N3O2. The summed E-state index contributed by atoms with van der Waals surface area (Å²) in [6, 6.07) is 3.54. The van der Waals surface area contributed by atoms with Crippen LogP contribution in [0.5, 0.6) is 0 Å². The van der Waals surface area contributed by atoms with Gasteiger partial charge in [0, 0.05) is 38.6 Å². The average molecular weight is 313 g/mol. The summed E-state index contributed by atoms with van der Waals surface area (Å²) in [6.07, 6.45) is 12.0. The number of hydrogen-bond donors (Lipinski definition) is 0. The van der Waals surface area contributed by atoms with Crippen LogP contribution in [-0.4, -0.2) is 52.8 Å². The van der Waals surface area contributed by atoms with Crippen molar-refractivity contribution in [3.05, 3.63) is 42.2 Å². The van der Waals surface area contributed by atoms with Crippen LogP contribution in [0, 0.1) is 5.92 Å². The van der Waals surface area contributed by atoms with E-state index >= 15 is 0 Å². The minimum Gasteiger partial charge on any atom is -0.336 e. The van der Waals surface area contributed by atoms with Crippen LogP contribution in [-0.2, 0) is 4.79 Å². The van der Waals surface area contributed by atoms with E-state index in [1.165, 1.54) is 25.7 Å². The van der Waals surface area contributed by atoms with Crippen molar-refractivity contribution in [3.63, 3.8) is 0 Å². The number of amides is 2. The van der Waals surface area contributed by atoms with Crippen LogP contribution in [0.25, 0.3) is 0 Å². The molecule has 2 amide bonds. The number of pyridine rings is 1. The van der Waals surface area contributed by atoms with Crippen LogP contribution in [0.15, 0.2) is 36.7 Å². The molecule has 1 aliphatic carbocycles. The van der Waals surface area contributed by atoms with Crippen molar-refractivity contribution in [1.82, 2.24) is 14.8 Å². The summed E-state index contributed by atoms with van der Waals surface area (Å²) in [7, 11) is 0. The van der Waals surface area contributed by atoms with Gasteiger partial charge in [0.05, 0.1) is 5.56 Å². The number of hydrogen-bond acceptors (Lipinski definition) is 3. The van der Waals surface area contributed by atoms with Crippen LogP contribution in [0.3, 0.4) is 0 Å². The predicted octanol–water partition coefficient (Wildman–Crippen LogP) is 2.11. The average Bonchev–Trinajstić information content (AvgIpc) is 3.13. The fourth-order valence-corrected chi connectivity index (χ4v) is 3.28. The van der Waals surface area contributed by atoms with E-state index in [2.05, 4.69) is 11.1 Å². The molecule has 5 nitrogen and oxygen atoms in total. The standard InChI is InChI=1S/C18H23N3O2/c22-17(8-7-15-4-1-2-5-15)20-10-12-21(13-11-20)18(23)16-6-3-9-19-14-16/h3,6-9,14-15H,1-2,4-5,10-13H2/b8-7+. The van der Waals surface area contributed by atoms with Crippen molar-refractivity contribution in [2.75, 3.05) is 26.2 Å². The summed E-state index contributed by atoms with van der Waals surface area (Å²) in [5, 5.41) is 0. The van der Waals surface area contributed by atoms with Crippen molar-refractivity contribution < 1.29 is 9.59 Å². The molecule has 0 aromatic carbocycles. The minimum atomic E-state index is -0.00769. The largest absolute Gasteiger partial charge is 0.336 e. The smallest absolute Gasteiger partial charge is 0.255 e. The zero-order chi connectivity index (χ0) is 16.1. The molecular weight excluding hydrogens is 290 g/mol. The Morgan fingerprint density at radius 2 is 1.78 bits per heavy atom. The Morgan fingerprint density at radius 1 is 1.09 bits per heavy atom. The monoisotopic (exact) mass is 313 g/mol. The lowest BCUT2D eigenvalue weighted by Gasteiger charge is -2.34. The first-order valence-electron chi connectivity index (χ1n) is 8.40. The molecule has 2 fully saturated rings. The maximum atomic E-state index is 12.3. The third-order valence-electron chi connectivity index (χ3n) is 4.70. The molecule has 0 N–H and O–H groups in total. The van der Waals surface area contributed by atoms with Gasteiger partial charge >= 0.3 is 0 Å². The molecule has 0 atom stereocenters. The third-order valence-corrected chi connectivity index (χ3v) is 4.70. The van der Waals surface area contributed by atoms with Crippen LogP contribution >= 0.6 is 0 Å². The zero-order valence-electron chi connectivity index (χ0n) is 13.4. The van der Waals surface area contributed by atoms with Crippen LogP contribution in [0.4, 0.5) is 0 Å². The van der Waals surface area contributed by atoms with Gasteiger partial charge in [-0.25, -0.2) is 0 Å². The van der Waals surface area contributed by atoms with E-state index in [0.717, 1.165) is 0 Å². The Labute approximate surface area is 137 Å². The second-order valence-corrected chi connectivity index (χ2v) is 6.26. The van der Waals surface area contributed by atoms with Gasteiger partial charge in [0.25, 0.3) is 5.91 Å². The highest BCUT2D eigenvalue weighted by molar-refractivity contribution is 5.94. The van der Waals surface area contributed by atoms with E-state index in [-0.39, 0.29) is 11.8 Å².